The van der Waals surface area contributed by atoms with E-state index < -0.39 is 5.60 Å². The summed E-state index contributed by atoms with van der Waals surface area (Å²) in [5.41, 5.74) is 5.57. The van der Waals surface area contributed by atoms with Crippen LogP contribution in [-0.4, -0.2) is 84.8 Å². The summed E-state index contributed by atoms with van der Waals surface area (Å²) < 4.78 is 5.48. The maximum absolute atomic E-state index is 12.2. The summed E-state index contributed by atoms with van der Waals surface area (Å²) in [6.07, 6.45) is 0.721. The fourth-order valence-corrected chi connectivity index (χ4v) is 3.17. The van der Waals surface area contributed by atoms with Gasteiger partial charge >= 0.3 is 6.09 Å². The molecule has 1 atom stereocenters. The smallest absolute Gasteiger partial charge is 0.410 e. The van der Waals surface area contributed by atoms with E-state index in [1.165, 1.54) is 0 Å². The number of likely N-dealkylation sites (N-methyl/N-ethyl adjacent to an activating group) is 1. The Balaban J connectivity index is 1.99. The highest BCUT2D eigenvalue weighted by Gasteiger charge is 2.44. The second-order valence-corrected chi connectivity index (χ2v) is 7.37. The minimum Gasteiger partial charge on any atom is -0.444 e. The first-order valence-electron chi connectivity index (χ1n) is 7.87. The Morgan fingerprint density at radius 3 is 2.33 bits per heavy atom. The molecule has 0 bridgehead atoms. The lowest BCUT2D eigenvalue weighted by atomic mass is 9.95. The summed E-state index contributed by atoms with van der Waals surface area (Å²) in [4.78, 5) is 18.9. The van der Waals surface area contributed by atoms with Gasteiger partial charge in [0, 0.05) is 45.8 Å². The SMILES string of the molecule is CN1CCN(C2(CN)CCN(C(=O)OC(C)(C)C)C2)CC1. The van der Waals surface area contributed by atoms with E-state index in [1.54, 1.807) is 0 Å². The van der Waals surface area contributed by atoms with Gasteiger partial charge in [0.25, 0.3) is 0 Å². The average molecular weight is 298 g/mol. The molecular weight excluding hydrogens is 268 g/mol. The van der Waals surface area contributed by atoms with Gasteiger partial charge in [0.05, 0.1) is 5.54 Å². The Kier molecular flexibility index (Phi) is 4.80. The molecule has 0 aromatic rings. The molecule has 2 aliphatic heterocycles. The first-order chi connectivity index (χ1) is 9.76. The van der Waals surface area contributed by atoms with Gasteiger partial charge in [-0.15, -0.1) is 0 Å². The number of nitrogens with two attached hydrogens (primary N) is 1. The van der Waals surface area contributed by atoms with E-state index in [1.807, 2.05) is 25.7 Å². The molecule has 2 N–H and O–H groups in total. The van der Waals surface area contributed by atoms with E-state index >= 15 is 0 Å². The number of rotatable bonds is 2. The van der Waals surface area contributed by atoms with Gasteiger partial charge in [-0.05, 0) is 34.2 Å². The van der Waals surface area contributed by atoms with Crippen LogP contribution < -0.4 is 5.73 Å². The quantitative estimate of drug-likeness (QED) is 0.808. The van der Waals surface area contributed by atoms with Crippen LogP contribution >= 0.6 is 0 Å². The van der Waals surface area contributed by atoms with Gasteiger partial charge in [-0.1, -0.05) is 0 Å². The molecule has 1 amide bonds. The van der Waals surface area contributed by atoms with Gasteiger partial charge in [-0.25, -0.2) is 4.79 Å². The summed E-state index contributed by atoms with van der Waals surface area (Å²) in [5, 5.41) is 0. The molecule has 0 aliphatic carbocycles. The molecule has 2 aliphatic rings. The van der Waals surface area contributed by atoms with Crippen LogP contribution in [0, 0.1) is 0 Å². The van der Waals surface area contributed by atoms with E-state index in [0.29, 0.717) is 13.1 Å². The minimum absolute atomic E-state index is 0.0713. The summed E-state index contributed by atoms with van der Waals surface area (Å²) in [6.45, 7) is 11.9. The van der Waals surface area contributed by atoms with Crippen molar-refractivity contribution >= 4 is 6.09 Å². The molecule has 2 fully saturated rings. The van der Waals surface area contributed by atoms with E-state index in [2.05, 4.69) is 16.8 Å². The van der Waals surface area contributed by atoms with E-state index in [-0.39, 0.29) is 11.6 Å². The molecule has 6 heteroatoms. The van der Waals surface area contributed by atoms with Gasteiger partial charge in [-0.3, -0.25) is 4.90 Å². The summed E-state index contributed by atoms with van der Waals surface area (Å²) in [5.74, 6) is 0. The molecule has 2 rings (SSSR count). The minimum atomic E-state index is -0.446. The Bertz CT molecular complexity index is 374. The lowest BCUT2D eigenvalue weighted by Gasteiger charge is -2.44. The third-order valence-electron chi connectivity index (χ3n) is 4.54. The third kappa shape index (κ3) is 3.87. The van der Waals surface area contributed by atoms with Crippen LogP contribution in [0.5, 0.6) is 0 Å². The third-order valence-corrected chi connectivity index (χ3v) is 4.54. The Morgan fingerprint density at radius 2 is 1.81 bits per heavy atom. The van der Waals surface area contributed by atoms with Gasteiger partial charge < -0.3 is 20.3 Å². The van der Waals surface area contributed by atoms with Crippen LogP contribution in [0.1, 0.15) is 27.2 Å². The molecule has 1 unspecified atom stereocenters. The highest BCUT2D eigenvalue weighted by atomic mass is 16.6. The van der Waals surface area contributed by atoms with Crippen LogP contribution in [0.25, 0.3) is 0 Å². The molecule has 122 valence electrons. The standard InChI is InChI=1S/C15H30N4O2/c1-14(2,3)21-13(20)18-6-5-15(11-16,12-18)19-9-7-17(4)8-10-19/h5-12,16H2,1-4H3. The van der Waals surface area contributed by atoms with Crippen molar-refractivity contribution in [3.63, 3.8) is 0 Å². The highest BCUT2D eigenvalue weighted by Crippen LogP contribution is 2.29. The van der Waals surface area contributed by atoms with Crippen LogP contribution in [0.2, 0.25) is 0 Å². The van der Waals surface area contributed by atoms with Crippen LogP contribution in [-0.2, 0) is 4.74 Å². The lowest BCUT2D eigenvalue weighted by Crippen LogP contribution is -2.61. The molecule has 6 nitrogen and oxygen atoms in total. The van der Waals surface area contributed by atoms with Crippen LogP contribution in [0.4, 0.5) is 4.79 Å². The molecule has 0 saturated carbocycles. The molecule has 21 heavy (non-hydrogen) atoms. The average Bonchev–Trinajstić information content (AvgIpc) is 2.83. The zero-order valence-corrected chi connectivity index (χ0v) is 13.9. The largest absolute Gasteiger partial charge is 0.444 e. The summed E-state index contributed by atoms with van der Waals surface area (Å²) in [6, 6.07) is 0. The highest BCUT2D eigenvalue weighted by molar-refractivity contribution is 5.68. The van der Waals surface area contributed by atoms with Crippen molar-refractivity contribution in [1.29, 1.82) is 0 Å². The fourth-order valence-electron chi connectivity index (χ4n) is 3.17. The first-order valence-corrected chi connectivity index (χ1v) is 7.87. The van der Waals surface area contributed by atoms with E-state index in [9.17, 15) is 4.79 Å². The van der Waals surface area contributed by atoms with E-state index in [4.69, 9.17) is 10.5 Å². The molecule has 0 radical (unpaired) electrons. The summed E-state index contributed by atoms with van der Waals surface area (Å²) >= 11 is 0. The number of hydrogen-bond acceptors (Lipinski definition) is 5. The van der Waals surface area contributed by atoms with Crippen molar-refractivity contribution in [2.75, 3.05) is 52.9 Å². The lowest BCUT2D eigenvalue weighted by molar-refractivity contribution is 0.0192. The number of nitrogens with zero attached hydrogens (tertiary/aromatic N) is 3. The molecule has 2 heterocycles. The van der Waals surface area contributed by atoms with Crippen LogP contribution in [0.3, 0.4) is 0 Å². The summed E-state index contributed by atoms with van der Waals surface area (Å²) in [7, 11) is 2.15. The van der Waals surface area contributed by atoms with Gasteiger partial charge in [-0.2, -0.15) is 0 Å². The topological polar surface area (TPSA) is 62.0 Å². The zero-order valence-electron chi connectivity index (χ0n) is 13.9. The number of amides is 1. The van der Waals surface area contributed by atoms with E-state index in [0.717, 1.165) is 39.1 Å². The second kappa shape index (κ2) is 6.10. The second-order valence-electron chi connectivity index (χ2n) is 7.37. The molecule has 0 aromatic heterocycles. The Hall–Kier alpha value is -0.850. The monoisotopic (exact) mass is 298 g/mol. The maximum Gasteiger partial charge on any atom is 0.410 e. The van der Waals surface area contributed by atoms with Crippen molar-refractivity contribution < 1.29 is 9.53 Å². The number of piperazine rings is 1. The van der Waals surface area contributed by atoms with Crippen molar-refractivity contribution in [3.8, 4) is 0 Å². The van der Waals surface area contributed by atoms with Crippen molar-refractivity contribution in [3.05, 3.63) is 0 Å². The molecular formula is C15H30N4O2. The van der Waals surface area contributed by atoms with Crippen molar-refractivity contribution in [2.24, 2.45) is 5.73 Å². The number of likely N-dealkylation sites (tertiary alicyclic amines) is 1. The fraction of sp³-hybridized carbons (Fsp3) is 0.933. The maximum atomic E-state index is 12.2. The number of ether oxygens (including phenoxy) is 1. The predicted octanol–water partition coefficient (Wildman–Crippen LogP) is 0.572. The number of hydrogen-bond donors (Lipinski definition) is 1. The zero-order chi connectivity index (χ0) is 15.7. The number of carbonyl (C=O) groups excluding carboxylic acids is 1. The van der Waals surface area contributed by atoms with Gasteiger partial charge in [0.15, 0.2) is 0 Å². The van der Waals surface area contributed by atoms with Crippen molar-refractivity contribution in [1.82, 2.24) is 14.7 Å². The molecule has 2 saturated heterocycles. The van der Waals surface area contributed by atoms with Gasteiger partial charge in [0.2, 0.25) is 0 Å². The van der Waals surface area contributed by atoms with Gasteiger partial charge in [0.1, 0.15) is 5.60 Å². The van der Waals surface area contributed by atoms with Crippen molar-refractivity contribution in [2.45, 2.75) is 38.3 Å². The normalized spacial score (nSPS) is 28.9. The Labute approximate surface area is 128 Å². The number of carbonyl (C=O) groups is 1. The first kappa shape index (κ1) is 16.5. The molecule has 0 spiro atoms. The van der Waals surface area contributed by atoms with Crippen LogP contribution in [0.15, 0.2) is 0 Å². The predicted molar refractivity (Wildman–Crippen MR) is 83.3 cm³/mol. The Morgan fingerprint density at radius 1 is 1.19 bits per heavy atom. The molecule has 0 aromatic carbocycles.